The van der Waals surface area contributed by atoms with E-state index in [1.165, 1.54) is 44.9 Å². The summed E-state index contributed by atoms with van der Waals surface area (Å²) in [7, 11) is 0. The standard InChI is InChI=1S/C36H54O6/c1-7-8-9-10-11-12-13-14-19-40-33-18-17-30(23-31(33)16-15-20-41-35(39)27(2)3)32-21-28(4)34(29(5)22-32)42-26-36(6,24-37)25-38/h17-18,21-23,37-38H,2,7-16,19-20,24-26H2,1,3-6H3. The first-order valence-electron chi connectivity index (χ1n) is 15.7. The first-order valence-corrected chi connectivity index (χ1v) is 15.7. The summed E-state index contributed by atoms with van der Waals surface area (Å²) >= 11 is 0. The van der Waals surface area contributed by atoms with Crippen molar-refractivity contribution >= 4 is 5.97 Å². The molecule has 0 bridgehead atoms. The lowest BCUT2D eigenvalue weighted by atomic mass is 9.94. The van der Waals surface area contributed by atoms with Gasteiger partial charge in [-0.25, -0.2) is 4.79 Å². The summed E-state index contributed by atoms with van der Waals surface area (Å²) in [5, 5.41) is 19.2. The van der Waals surface area contributed by atoms with Crippen LogP contribution in [0.4, 0.5) is 0 Å². The molecular formula is C36H54O6. The van der Waals surface area contributed by atoms with Gasteiger partial charge in [0.1, 0.15) is 11.5 Å². The topological polar surface area (TPSA) is 85.2 Å². The maximum absolute atomic E-state index is 11.8. The number of aliphatic hydroxyl groups excluding tert-OH is 2. The summed E-state index contributed by atoms with van der Waals surface area (Å²) in [5.74, 6) is 1.30. The summed E-state index contributed by atoms with van der Waals surface area (Å²) in [6.45, 7) is 14.3. The second kappa shape index (κ2) is 18.7. The van der Waals surface area contributed by atoms with E-state index < -0.39 is 5.41 Å². The fraction of sp³-hybridized carbons (Fsp3) is 0.583. The molecule has 2 aromatic rings. The molecule has 0 saturated heterocycles. The zero-order valence-electron chi connectivity index (χ0n) is 26.7. The van der Waals surface area contributed by atoms with Crippen LogP contribution in [0.25, 0.3) is 11.1 Å². The molecule has 2 aromatic carbocycles. The van der Waals surface area contributed by atoms with Crippen molar-refractivity contribution in [1.29, 1.82) is 0 Å². The molecule has 0 aliphatic heterocycles. The van der Waals surface area contributed by atoms with Gasteiger partial charge in [-0.05, 0) is 92.1 Å². The molecule has 2 rings (SSSR count). The Hall–Kier alpha value is -2.83. The van der Waals surface area contributed by atoms with Crippen LogP contribution in [0.15, 0.2) is 42.5 Å². The lowest BCUT2D eigenvalue weighted by molar-refractivity contribution is -0.139. The molecular weight excluding hydrogens is 528 g/mol. The Morgan fingerprint density at radius 3 is 2.05 bits per heavy atom. The quantitative estimate of drug-likeness (QED) is 0.0884. The lowest BCUT2D eigenvalue weighted by Gasteiger charge is -2.26. The van der Waals surface area contributed by atoms with Gasteiger partial charge in [0.15, 0.2) is 0 Å². The number of ether oxygens (including phenoxy) is 3. The number of aliphatic hydroxyl groups is 2. The van der Waals surface area contributed by atoms with Gasteiger partial charge in [0, 0.05) is 11.0 Å². The Morgan fingerprint density at radius 1 is 0.833 bits per heavy atom. The number of unbranched alkanes of at least 4 members (excludes halogenated alkanes) is 7. The van der Waals surface area contributed by atoms with E-state index in [1.807, 2.05) is 13.8 Å². The number of benzene rings is 2. The van der Waals surface area contributed by atoms with Gasteiger partial charge in [-0.15, -0.1) is 0 Å². The number of esters is 1. The second-order valence-electron chi connectivity index (χ2n) is 12.0. The van der Waals surface area contributed by atoms with E-state index in [1.54, 1.807) is 13.8 Å². The molecule has 0 saturated carbocycles. The van der Waals surface area contributed by atoms with Gasteiger partial charge in [0.25, 0.3) is 0 Å². The fourth-order valence-electron chi connectivity index (χ4n) is 4.80. The van der Waals surface area contributed by atoms with Crippen molar-refractivity contribution in [1.82, 2.24) is 0 Å². The van der Waals surface area contributed by atoms with Crippen LogP contribution >= 0.6 is 0 Å². The molecule has 0 heterocycles. The third-order valence-electron chi connectivity index (χ3n) is 7.61. The number of hydrogen-bond acceptors (Lipinski definition) is 6. The average Bonchev–Trinajstić information content (AvgIpc) is 2.98. The van der Waals surface area contributed by atoms with E-state index in [0.29, 0.717) is 25.2 Å². The predicted octanol–water partition coefficient (Wildman–Crippen LogP) is 7.91. The van der Waals surface area contributed by atoms with Crippen LogP contribution in [-0.2, 0) is 16.0 Å². The third-order valence-corrected chi connectivity index (χ3v) is 7.61. The van der Waals surface area contributed by atoms with Gasteiger partial charge < -0.3 is 24.4 Å². The van der Waals surface area contributed by atoms with Gasteiger partial charge in [-0.2, -0.15) is 0 Å². The highest BCUT2D eigenvalue weighted by Crippen LogP contribution is 2.34. The molecule has 234 valence electrons. The van der Waals surface area contributed by atoms with Crippen LogP contribution in [-0.4, -0.2) is 49.2 Å². The molecule has 0 spiro atoms. The van der Waals surface area contributed by atoms with Gasteiger partial charge in [0.05, 0.1) is 33.0 Å². The number of rotatable bonds is 21. The summed E-state index contributed by atoms with van der Waals surface area (Å²) in [5.41, 5.74) is 4.94. The highest BCUT2D eigenvalue weighted by molar-refractivity contribution is 5.86. The maximum atomic E-state index is 11.8. The number of hydrogen-bond donors (Lipinski definition) is 2. The van der Waals surface area contributed by atoms with Gasteiger partial charge in [-0.1, -0.05) is 71.4 Å². The summed E-state index contributed by atoms with van der Waals surface area (Å²) in [6, 6.07) is 10.5. The van der Waals surface area contributed by atoms with E-state index in [0.717, 1.165) is 52.2 Å². The normalized spacial score (nSPS) is 11.4. The molecule has 0 unspecified atom stereocenters. The summed E-state index contributed by atoms with van der Waals surface area (Å²) in [4.78, 5) is 11.8. The Bertz CT molecular complexity index is 1090. The van der Waals surface area contributed by atoms with Crippen molar-refractivity contribution in [2.24, 2.45) is 5.41 Å². The van der Waals surface area contributed by atoms with Gasteiger partial charge in [0.2, 0.25) is 0 Å². The number of carbonyl (C=O) groups excluding carboxylic acids is 1. The Kier molecular flexibility index (Phi) is 15.7. The minimum absolute atomic E-state index is 0.150. The molecule has 0 aliphatic rings. The minimum Gasteiger partial charge on any atom is -0.493 e. The highest BCUT2D eigenvalue weighted by Gasteiger charge is 2.24. The summed E-state index contributed by atoms with van der Waals surface area (Å²) < 4.78 is 17.6. The smallest absolute Gasteiger partial charge is 0.333 e. The number of aryl methyl sites for hydroxylation is 3. The Labute approximate surface area is 254 Å². The Morgan fingerprint density at radius 2 is 1.45 bits per heavy atom. The highest BCUT2D eigenvalue weighted by atomic mass is 16.5. The van der Waals surface area contributed by atoms with Crippen LogP contribution in [0.5, 0.6) is 11.5 Å². The Balaban J connectivity index is 2.13. The van der Waals surface area contributed by atoms with E-state index in [4.69, 9.17) is 14.2 Å². The number of carbonyl (C=O) groups is 1. The zero-order chi connectivity index (χ0) is 31.0. The van der Waals surface area contributed by atoms with Crippen molar-refractivity contribution < 1.29 is 29.2 Å². The monoisotopic (exact) mass is 582 g/mol. The molecule has 6 nitrogen and oxygen atoms in total. The third kappa shape index (κ3) is 11.8. The molecule has 0 atom stereocenters. The molecule has 42 heavy (non-hydrogen) atoms. The van der Waals surface area contributed by atoms with Crippen LogP contribution < -0.4 is 9.47 Å². The summed E-state index contributed by atoms with van der Waals surface area (Å²) in [6.07, 6.45) is 11.5. The van der Waals surface area contributed by atoms with Crippen LogP contribution in [0.1, 0.15) is 95.2 Å². The molecule has 0 fully saturated rings. The second-order valence-corrected chi connectivity index (χ2v) is 12.0. The van der Waals surface area contributed by atoms with Gasteiger partial charge in [-0.3, -0.25) is 0 Å². The fourth-order valence-corrected chi connectivity index (χ4v) is 4.80. The molecule has 6 heteroatoms. The van der Waals surface area contributed by atoms with Crippen molar-refractivity contribution in [3.63, 3.8) is 0 Å². The first kappa shape index (κ1) is 35.4. The maximum Gasteiger partial charge on any atom is 0.333 e. The van der Waals surface area contributed by atoms with Crippen LogP contribution in [0.3, 0.4) is 0 Å². The molecule has 0 amide bonds. The van der Waals surface area contributed by atoms with E-state index in [-0.39, 0.29) is 25.8 Å². The van der Waals surface area contributed by atoms with Crippen molar-refractivity contribution in [2.75, 3.05) is 33.0 Å². The van der Waals surface area contributed by atoms with Crippen molar-refractivity contribution in [3.05, 3.63) is 59.2 Å². The van der Waals surface area contributed by atoms with E-state index in [2.05, 4.69) is 43.8 Å². The van der Waals surface area contributed by atoms with Crippen molar-refractivity contribution in [3.8, 4) is 22.6 Å². The SMILES string of the molecule is C=C(C)C(=O)OCCCc1cc(-c2cc(C)c(OCC(C)(CO)CO)c(C)c2)ccc1OCCCCCCCCCC. The van der Waals surface area contributed by atoms with E-state index in [9.17, 15) is 15.0 Å². The van der Waals surface area contributed by atoms with Crippen LogP contribution in [0.2, 0.25) is 0 Å². The predicted molar refractivity (Wildman–Crippen MR) is 171 cm³/mol. The average molecular weight is 583 g/mol. The largest absolute Gasteiger partial charge is 0.493 e. The van der Waals surface area contributed by atoms with Crippen LogP contribution in [0, 0.1) is 19.3 Å². The van der Waals surface area contributed by atoms with E-state index >= 15 is 0 Å². The lowest BCUT2D eigenvalue weighted by Crippen LogP contribution is -2.33. The molecule has 0 radical (unpaired) electrons. The zero-order valence-corrected chi connectivity index (χ0v) is 26.7. The molecule has 2 N–H and O–H groups in total. The molecule has 0 aromatic heterocycles. The van der Waals surface area contributed by atoms with Crippen molar-refractivity contribution in [2.45, 2.75) is 98.8 Å². The van der Waals surface area contributed by atoms with Gasteiger partial charge >= 0.3 is 5.97 Å². The first-order chi connectivity index (χ1) is 20.1. The molecule has 0 aliphatic carbocycles. The minimum atomic E-state index is -0.699.